The highest BCUT2D eigenvalue weighted by Gasteiger charge is 2.55. The first-order chi connectivity index (χ1) is 7.26. The lowest BCUT2D eigenvalue weighted by molar-refractivity contribution is 0.0468. The van der Waals surface area contributed by atoms with Gasteiger partial charge in [-0.1, -0.05) is 30.3 Å². The number of hydrogen-bond acceptors (Lipinski definition) is 2. The SMILES string of the molecule is O[C@]12C[C@H]1CCN(Cc1ccccc1)C2. The van der Waals surface area contributed by atoms with Gasteiger partial charge in [0.05, 0.1) is 5.60 Å². The van der Waals surface area contributed by atoms with Crippen LogP contribution in [0.5, 0.6) is 0 Å². The summed E-state index contributed by atoms with van der Waals surface area (Å²) in [5, 5.41) is 10.1. The van der Waals surface area contributed by atoms with E-state index < -0.39 is 0 Å². The maximum atomic E-state index is 10.1. The topological polar surface area (TPSA) is 23.5 Å². The summed E-state index contributed by atoms with van der Waals surface area (Å²) in [4.78, 5) is 2.37. The van der Waals surface area contributed by atoms with Crippen LogP contribution in [0.25, 0.3) is 0 Å². The number of fused-ring (bicyclic) bond motifs is 1. The van der Waals surface area contributed by atoms with E-state index in [0.717, 1.165) is 26.1 Å². The van der Waals surface area contributed by atoms with Crippen molar-refractivity contribution in [3.05, 3.63) is 35.9 Å². The molecule has 1 aromatic rings. The van der Waals surface area contributed by atoms with Gasteiger partial charge in [-0.15, -0.1) is 0 Å². The summed E-state index contributed by atoms with van der Waals surface area (Å²) < 4.78 is 0. The number of β-amino-alcohol motifs (C(OH)–C–C–N with tert-alkyl or cyclic N) is 1. The quantitative estimate of drug-likeness (QED) is 0.790. The van der Waals surface area contributed by atoms with E-state index in [4.69, 9.17) is 0 Å². The Bertz CT molecular complexity index is 351. The van der Waals surface area contributed by atoms with Gasteiger partial charge in [0.15, 0.2) is 0 Å². The van der Waals surface area contributed by atoms with Crippen LogP contribution in [0.2, 0.25) is 0 Å². The highest BCUT2D eigenvalue weighted by Crippen LogP contribution is 2.49. The Morgan fingerprint density at radius 2 is 2.13 bits per heavy atom. The van der Waals surface area contributed by atoms with Gasteiger partial charge < -0.3 is 5.11 Å². The Labute approximate surface area is 90.5 Å². The molecule has 0 bridgehead atoms. The number of hydrogen-bond donors (Lipinski definition) is 1. The van der Waals surface area contributed by atoms with Crippen LogP contribution in [0.3, 0.4) is 0 Å². The predicted molar refractivity (Wildman–Crippen MR) is 59.4 cm³/mol. The second-order valence-electron chi connectivity index (χ2n) is 4.99. The van der Waals surface area contributed by atoms with Gasteiger partial charge in [-0.05, 0) is 30.9 Å². The molecule has 1 saturated carbocycles. The van der Waals surface area contributed by atoms with Crippen molar-refractivity contribution in [1.82, 2.24) is 4.90 Å². The Balaban J connectivity index is 1.64. The molecule has 1 N–H and O–H groups in total. The number of benzene rings is 1. The van der Waals surface area contributed by atoms with Crippen molar-refractivity contribution in [3.8, 4) is 0 Å². The fraction of sp³-hybridized carbons (Fsp3) is 0.538. The Kier molecular flexibility index (Phi) is 2.08. The normalized spacial score (nSPS) is 34.9. The smallest absolute Gasteiger partial charge is 0.0807 e. The predicted octanol–water partition coefficient (Wildman–Crippen LogP) is 1.64. The van der Waals surface area contributed by atoms with Crippen LogP contribution < -0.4 is 0 Å². The van der Waals surface area contributed by atoms with E-state index in [1.807, 2.05) is 6.07 Å². The average Bonchev–Trinajstić information content (AvgIpc) is 2.90. The molecule has 2 nitrogen and oxygen atoms in total. The number of likely N-dealkylation sites (tertiary alicyclic amines) is 1. The summed E-state index contributed by atoms with van der Waals surface area (Å²) in [6, 6.07) is 10.5. The molecule has 15 heavy (non-hydrogen) atoms. The van der Waals surface area contributed by atoms with Crippen LogP contribution in [-0.4, -0.2) is 28.7 Å². The monoisotopic (exact) mass is 203 g/mol. The summed E-state index contributed by atoms with van der Waals surface area (Å²) >= 11 is 0. The minimum absolute atomic E-state index is 0.326. The van der Waals surface area contributed by atoms with Gasteiger partial charge >= 0.3 is 0 Å². The molecule has 2 heteroatoms. The van der Waals surface area contributed by atoms with Crippen LogP contribution in [0.15, 0.2) is 30.3 Å². The molecular weight excluding hydrogens is 186 g/mol. The molecular formula is C13H17NO. The Morgan fingerprint density at radius 3 is 2.87 bits per heavy atom. The molecule has 80 valence electrons. The zero-order chi connectivity index (χ0) is 10.3. The largest absolute Gasteiger partial charge is 0.388 e. The fourth-order valence-electron chi connectivity index (χ4n) is 2.71. The van der Waals surface area contributed by atoms with Gasteiger partial charge in [0.25, 0.3) is 0 Å². The van der Waals surface area contributed by atoms with Crippen LogP contribution in [-0.2, 0) is 6.54 Å². The second kappa shape index (κ2) is 3.32. The number of piperidine rings is 1. The van der Waals surface area contributed by atoms with Gasteiger partial charge in [-0.2, -0.15) is 0 Å². The number of nitrogens with zero attached hydrogens (tertiary/aromatic N) is 1. The Morgan fingerprint density at radius 1 is 1.33 bits per heavy atom. The molecule has 1 aromatic carbocycles. The molecule has 0 amide bonds. The molecule has 1 aliphatic heterocycles. The number of aliphatic hydroxyl groups is 1. The van der Waals surface area contributed by atoms with E-state index in [-0.39, 0.29) is 5.60 Å². The molecule has 2 atom stereocenters. The van der Waals surface area contributed by atoms with Crippen molar-refractivity contribution in [2.75, 3.05) is 13.1 Å². The summed E-state index contributed by atoms with van der Waals surface area (Å²) in [6.45, 7) is 2.99. The fourth-order valence-corrected chi connectivity index (χ4v) is 2.71. The molecule has 2 aliphatic rings. The van der Waals surface area contributed by atoms with E-state index in [1.54, 1.807) is 0 Å². The van der Waals surface area contributed by atoms with Crippen molar-refractivity contribution in [2.45, 2.75) is 25.0 Å². The first-order valence-corrected chi connectivity index (χ1v) is 5.75. The second-order valence-corrected chi connectivity index (χ2v) is 4.99. The highest BCUT2D eigenvalue weighted by atomic mass is 16.3. The first-order valence-electron chi connectivity index (χ1n) is 5.75. The standard InChI is InChI=1S/C13H17NO/c15-13-8-12(13)6-7-14(10-13)9-11-4-2-1-3-5-11/h1-5,12,15H,6-10H2/t12-,13+/m1/s1. The molecule has 0 spiro atoms. The van der Waals surface area contributed by atoms with Crippen LogP contribution in [0, 0.1) is 5.92 Å². The summed E-state index contributed by atoms with van der Waals surface area (Å²) in [7, 11) is 0. The van der Waals surface area contributed by atoms with E-state index in [2.05, 4.69) is 29.2 Å². The minimum Gasteiger partial charge on any atom is -0.388 e. The van der Waals surface area contributed by atoms with Crippen molar-refractivity contribution in [1.29, 1.82) is 0 Å². The van der Waals surface area contributed by atoms with Gasteiger partial charge in [0.1, 0.15) is 0 Å². The summed E-state index contributed by atoms with van der Waals surface area (Å²) in [6.07, 6.45) is 2.20. The van der Waals surface area contributed by atoms with Crippen LogP contribution >= 0.6 is 0 Å². The molecule has 0 radical (unpaired) electrons. The number of rotatable bonds is 2. The Hall–Kier alpha value is -0.860. The van der Waals surface area contributed by atoms with E-state index in [0.29, 0.717) is 5.92 Å². The van der Waals surface area contributed by atoms with Gasteiger partial charge in [-0.3, -0.25) is 4.90 Å². The first kappa shape index (κ1) is 9.37. The molecule has 1 saturated heterocycles. The lowest BCUT2D eigenvalue weighted by Gasteiger charge is -2.29. The third-order valence-electron chi connectivity index (χ3n) is 3.74. The molecule has 0 aromatic heterocycles. The summed E-state index contributed by atoms with van der Waals surface area (Å²) in [5.41, 5.74) is 1.02. The van der Waals surface area contributed by atoms with Crippen molar-refractivity contribution in [3.63, 3.8) is 0 Å². The minimum atomic E-state index is -0.326. The highest BCUT2D eigenvalue weighted by molar-refractivity contribution is 5.16. The van der Waals surface area contributed by atoms with Crippen LogP contribution in [0.1, 0.15) is 18.4 Å². The molecule has 1 heterocycles. The van der Waals surface area contributed by atoms with Crippen molar-refractivity contribution >= 4 is 0 Å². The van der Waals surface area contributed by atoms with E-state index >= 15 is 0 Å². The molecule has 1 aliphatic carbocycles. The van der Waals surface area contributed by atoms with Crippen molar-refractivity contribution in [2.24, 2.45) is 5.92 Å². The zero-order valence-electron chi connectivity index (χ0n) is 8.89. The van der Waals surface area contributed by atoms with Gasteiger partial charge in [0.2, 0.25) is 0 Å². The third kappa shape index (κ3) is 1.80. The summed E-state index contributed by atoms with van der Waals surface area (Å²) in [5.74, 6) is 0.601. The zero-order valence-corrected chi connectivity index (χ0v) is 8.89. The molecule has 3 rings (SSSR count). The average molecular weight is 203 g/mol. The van der Waals surface area contributed by atoms with Gasteiger partial charge in [0, 0.05) is 13.1 Å². The van der Waals surface area contributed by atoms with Gasteiger partial charge in [-0.25, -0.2) is 0 Å². The molecule has 0 unspecified atom stereocenters. The lowest BCUT2D eigenvalue weighted by atomic mass is 10.1. The third-order valence-corrected chi connectivity index (χ3v) is 3.74. The maximum Gasteiger partial charge on any atom is 0.0807 e. The maximum absolute atomic E-state index is 10.1. The van der Waals surface area contributed by atoms with Crippen molar-refractivity contribution < 1.29 is 5.11 Å². The van der Waals surface area contributed by atoms with E-state index in [1.165, 1.54) is 12.0 Å². The van der Waals surface area contributed by atoms with E-state index in [9.17, 15) is 5.11 Å². The van der Waals surface area contributed by atoms with Crippen LogP contribution in [0.4, 0.5) is 0 Å². The lowest BCUT2D eigenvalue weighted by Crippen LogP contribution is -2.39. The molecule has 2 fully saturated rings.